The van der Waals surface area contributed by atoms with Crippen molar-refractivity contribution in [3.05, 3.63) is 35.9 Å². The Morgan fingerprint density at radius 1 is 0.957 bits per heavy atom. The molecule has 0 bridgehead atoms. The third-order valence-corrected chi connectivity index (χ3v) is 4.83. The van der Waals surface area contributed by atoms with Gasteiger partial charge in [0, 0.05) is 0 Å². The predicted octanol–water partition coefficient (Wildman–Crippen LogP) is 4.57. The highest BCUT2D eigenvalue weighted by molar-refractivity contribution is 5.96. The van der Waals surface area contributed by atoms with E-state index in [0.29, 0.717) is 6.42 Å². The van der Waals surface area contributed by atoms with Gasteiger partial charge in [-0.3, -0.25) is 9.59 Å². The minimum Gasteiger partial charge on any atom is -0.393 e. The maximum Gasteiger partial charge on any atom is 0.318 e. The third-order valence-electron chi connectivity index (χ3n) is 4.83. The molecule has 3 heteroatoms. The molecule has 0 N–H and O–H groups in total. The number of benzene rings is 1. The van der Waals surface area contributed by atoms with Crippen LogP contribution in [0.2, 0.25) is 0 Å². The van der Waals surface area contributed by atoms with E-state index in [1.165, 1.54) is 5.56 Å². The SMILES string of the molecule is CC(C)(C)C(CC1C(=O)OC(=O)C1C(C)(C)C)c1ccccc1. The molecule has 2 rings (SSSR count). The maximum atomic E-state index is 12.3. The molecule has 0 saturated carbocycles. The highest BCUT2D eigenvalue weighted by atomic mass is 16.6. The highest BCUT2D eigenvalue weighted by Crippen LogP contribution is 2.47. The van der Waals surface area contributed by atoms with Crippen molar-refractivity contribution in [2.75, 3.05) is 0 Å². The monoisotopic (exact) mass is 316 g/mol. The Balaban J connectivity index is 2.35. The Labute approximate surface area is 139 Å². The first-order valence-corrected chi connectivity index (χ1v) is 8.32. The van der Waals surface area contributed by atoms with E-state index in [-0.39, 0.29) is 40.5 Å². The lowest BCUT2D eigenvalue weighted by Gasteiger charge is -2.35. The molecular formula is C20H28O3. The fourth-order valence-electron chi connectivity index (χ4n) is 3.66. The Bertz CT molecular complexity index is 575. The molecule has 3 unspecified atom stereocenters. The van der Waals surface area contributed by atoms with Gasteiger partial charge >= 0.3 is 11.9 Å². The second kappa shape index (κ2) is 6.10. The van der Waals surface area contributed by atoms with Gasteiger partial charge in [-0.25, -0.2) is 0 Å². The number of hydrogen-bond acceptors (Lipinski definition) is 3. The summed E-state index contributed by atoms with van der Waals surface area (Å²) in [5.41, 5.74) is 0.919. The topological polar surface area (TPSA) is 43.4 Å². The van der Waals surface area contributed by atoms with E-state index in [0.717, 1.165) is 0 Å². The van der Waals surface area contributed by atoms with E-state index in [1.807, 2.05) is 39.0 Å². The summed E-state index contributed by atoms with van der Waals surface area (Å²) in [5.74, 6) is -1.28. The van der Waals surface area contributed by atoms with Crippen molar-refractivity contribution in [2.45, 2.75) is 53.9 Å². The van der Waals surface area contributed by atoms with Crippen LogP contribution in [-0.2, 0) is 14.3 Å². The fourth-order valence-corrected chi connectivity index (χ4v) is 3.66. The Morgan fingerprint density at radius 2 is 1.52 bits per heavy atom. The highest BCUT2D eigenvalue weighted by Gasteiger charge is 2.51. The minimum atomic E-state index is -0.372. The van der Waals surface area contributed by atoms with Crippen molar-refractivity contribution in [1.82, 2.24) is 0 Å². The Hall–Kier alpha value is -1.64. The number of hydrogen-bond donors (Lipinski definition) is 0. The summed E-state index contributed by atoms with van der Waals surface area (Å²) in [5, 5.41) is 0. The van der Waals surface area contributed by atoms with Crippen LogP contribution >= 0.6 is 0 Å². The van der Waals surface area contributed by atoms with Crippen LogP contribution < -0.4 is 0 Å². The van der Waals surface area contributed by atoms with Gasteiger partial charge in [0.2, 0.25) is 0 Å². The molecule has 1 saturated heterocycles. The minimum absolute atomic E-state index is 0.00426. The molecule has 1 aliphatic heterocycles. The number of carbonyl (C=O) groups excluding carboxylic acids is 2. The summed E-state index contributed by atoms with van der Waals surface area (Å²) in [4.78, 5) is 24.5. The van der Waals surface area contributed by atoms with Crippen LogP contribution in [0.25, 0.3) is 0 Å². The number of cyclic esters (lactones) is 2. The second-order valence-electron chi connectivity index (χ2n) is 8.76. The summed E-state index contributed by atoms with van der Waals surface area (Å²) in [6.07, 6.45) is 0.639. The molecule has 3 nitrogen and oxygen atoms in total. The zero-order valence-electron chi connectivity index (χ0n) is 15.1. The molecule has 0 spiro atoms. The van der Waals surface area contributed by atoms with Crippen LogP contribution in [0.5, 0.6) is 0 Å². The molecule has 1 heterocycles. The summed E-state index contributed by atoms with van der Waals surface area (Å²) in [6, 6.07) is 10.2. The van der Waals surface area contributed by atoms with Gasteiger partial charge in [0.25, 0.3) is 0 Å². The average molecular weight is 316 g/mol. The van der Waals surface area contributed by atoms with Crippen molar-refractivity contribution in [3.63, 3.8) is 0 Å². The molecule has 0 aliphatic carbocycles. The number of ether oxygens (including phenoxy) is 1. The van der Waals surface area contributed by atoms with E-state index in [1.54, 1.807) is 0 Å². The quantitative estimate of drug-likeness (QED) is 0.606. The normalized spacial score (nSPS) is 23.7. The summed E-state index contributed by atoms with van der Waals surface area (Å²) in [7, 11) is 0. The fraction of sp³-hybridized carbons (Fsp3) is 0.600. The van der Waals surface area contributed by atoms with Gasteiger partial charge in [0.1, 0.15) is 0 Å². The molecule has 1 fully saturated rings. The molecule has 1 aromatic rings. The van der Waals surface area contributed by atoms with Gasteiger partial charge in [-0.05, 0) is 28.7 Å². The lowest BCUT2D eigenvalue weighted by molar-refractivity contribution is -0.154. The van der Waals surface area contributed by atoms with Crippen LogP contribution in [0.1, 0.15) is 59.4 Å². The predicted molar refractivity (Wildman–Crippen MR) is 90.8 cm³/mol. The molecule has 126 valence electrons. The van der Waals surface area contributed by atoms with Crippen molar-refractivity contribution in [2.24, 2.45) is 22.7 Å². The van der Waals surface area contributed by atoms with E-state index in [9.17, 15) is 9.59 Å². The van der Waals surface area contributed by atoms with Crippen molar-refractivity contribution in [1.29, 1.82) is 0 Å². The lowest BCUT2D eigenvalue weighted by atomic mass is 9.66. The van der Waals surface area contributed by atoms with Crippen LogP contribution in [0, 0.1) is 22.7 Å². The summed E-state index contributed by atoms with van der Waals surface area (Å²) >= 11 is 0. The zero-order chi connectivity index (χ0) is 17.4. The molecular weight excluding hydrogens is 288 g/mol. The third kappa shape index (κ3) is 3.82. The Kier molecular flexibility index (Phi) is 4.70. The largest absolute Gasteiger partial charge is 0.393 e. The van der Waals surface area contributed by atoms with E-state index >= 15 is 0 Å². The van der Waals surface area contributed by atoms with Crippen molar-refractivity contribution < 1.29 is 14.3 Å². The van der Waals surface area contributed by atoms with Gasteiger partial charge in [0.05, 0.1) is 11.8 Å². The van der Waals surface area contributed by atoms with Gasteiger partial charge in [-0.2, -0.15) is 0 Å². The second-order valence-corrected chi connectivity index (χ2v) is 8.76. The molecule has 0 aromatic heterocycles. The smallest absolute Gasteiger partial charge is 0.318 e. The van der Waals surface area contributed by atoms with Gasteiger partial charge in [-0.1, -0.05) is 71.9 Å². The number of esters is 2. The first kappa shape index (κ1) is 17.7. The summed E-state index contributed by atoms with van der Waals surface area (Å²) in [6.45, 7) is 12.5. The van der Waals surface area contributed by atoms with Gasteiger partial charge in [0.15, 0.2) is 0 Å². The van der Waals surface area contributed by atoms with Crippen molar-refractivity contribution in [3.8, 4) is 0 Å². The molecule has 0 amide bonds. The van der Waals surface area contributed by atoms with E-state index in [2.05, 4.69) is 32.9 Å². The van der Waals surface area contributed by atoms with E-state index < -0.39 is 0 Å². The molecule has 23 heavy (non-hydrogen) atoms. The van der Waals surface area contributed by atoms with Crippen molar-refractivity contribution >= 4 is 11.9 Å². The van der Waals surface area contributed by atoms with Crippen LogP contribution in [0.15, 0.2) is 30.3 Å². The average Bonchev–Trinajstić information content (AvgIpc) is 2.69. The lowest BCUT2D eigenvalue weighted by Crippen LogP contribution is -2.33. The molecule has 1 aromatic carbocycles. The first-order chi connectivity index (χ1) is 10.5. The number of rotatable bonds is 3. The number of carbonyl (C=O) groups is 2. The molecule has 1 aliphatic rings. The molecule has 0 radical (unpaired) electrons. The first-order valence-electron chi connectivity index (χ1n) is 8.32. The maximum absolute atomic E-state index is 12.3. The standard InChI is InChI=1S/C20H28O3/c1-19(2,3)15(13-10-8-7-9-11-13)12-14-16(20(4,5)6)18(22)23-17(14)21/h7-11,14-16H,12H2,1-6H3. The van der Waals surface area contributed by atoms with Crippen LogP contribution in [0.3, 0.4) is 0 Å². The van der Waals surface area contributed by atoms with Gasteiger partial charge in [-0.15, -0.1) is 0 Å². The zero-order valence-corrected chi connectivity index (χ0v) is 15.1. The van der Waals surface area contributed by atoms with Crippen LogP contribution in [-0.4, -0.2) is 11.9 Å². The molecule has 3 atom stereocenters. The van der Waals surface area contributed by atoms with Gasteiger partial charge < -0.3 is 4.74 Å². The summed E-state index contributed by atoms with van der Waals surface area (Å²) < 4.78 is 4.98. The van der Waals surface area contributed by atoms with E-state index in [4.69, 9.17) is 4.74 Å². The van der Waals surface area contributed by atoms with Crippen LogP contribution in [0.4, 0.5) is 0 Å². The Morgan fingerprint density at radius 3 is 2.00 bits per heavy atom.